The third kappa shape index (κ3) is 7.32. The van der Waals surface area contributed by atoms with E-state index >= 15 is 0 Å². The van der Waals surface area contributed by atoms with Crippen molar-refractivity contribution in [3.63, 3.8) is 0 Å². The number of carbonyl (C=O) groups excluding carboxylic acids is 2. The van der Waals surface area contributed by atoms with Crippen LogP contribution in [0.25, 0.3) is 0 Å². The molecule has 1 heterocycles. The van der Waals surface area contributed by atoms with E-state index in [0.29, 0.717) is 40.7 Å². The predicted octanol–water partition coefficient (Wildman–Crippen LogP) is 4.36. The zero-order valence-electron chi connectivity index (χ0n) is 18.7. The molecule has 0 unspecified atom stereocenters. The van der Waals surface area contributed by atoms with Crippen molar-refractivity contribution in [1.29, 1.82) is 0 Å². The van der Waals surface area contributed by atoms with Gasteiger partial charge >= 0.3 is 5.97 Å². The highest BCUT2D eigenvalue weighted by molar-refractivity contribution is 7.99. The SMILES string of the molecule is CCCCOC(=O)c1cccc(NC(=O)CSc2nc(C)c(Cc3ccccc3)c(=O)[nH]2)c1. The van der Waals surface area contributed by atoms with Gasteiger partial charge in [-0.2, -0.15) is 0 Å². The Hall–Kier alpha value is -3.39. The lowest BCUT2D eigenvalue weighted by Crippen LogP contribution is -2.19. The molecule has 0 fully saturated rings. The van der Waals surface area contributed by atoms with Gasteiger partial charge < -0.3 is 15.0 Å². The van der Waals surface area contributed by atoms with Gasteiger partial charge in [-0.15, -0.1) is 0 Å². The molecule has 0 spiro atoms. The molecule has 0 radical (unpaired) electrons. The van der Waals surface area contributed by atoms with Crippen LogP contribution >= 0.6 is 11.8 Å². The number of anilines is 1. The average molecular weight is 466 g/mol. The van der Waals surface area contributed by atoms with Gasteiger partial charge in [0.15, 0.2) is 5.16 Å². The molecule has 0 atom stereocenters. The zero-order valence-corrected chi connectivity index (χ0v) is 19.5. The minimum absolute atomic E-state index is 0.0611. The number of thioether (sulfide) groups is 1. The van der Waals surface area contributed by atoms with Crippen molar-refractivity contribution in [1.82, 2.24) is 9.97 Å². The summed E-state index contributed by atoms with van der Waals surface area (Å²) in [6.07, 6.45) is 2.25. The van der Waals surface area contributed by atoms with Gasteiger partial charge in [0.25, 0.3) is 5.56 Å². The van der Waals surface area contributed by atoms with Crippen molar-refractivity contribution in [2.75, 3.05) is 17.7 Å². The Morgan fingerprint density at radius 1 is 1.12 bits per heavy atom. The van der Waals surface area contributed by atoms with E-state index in [9.17, 15) is 14.4 Å². The number of hydrogen-bond acceptors (Lipinski definition) is 6. The number of esters is 1. The van der Waals surface area contributed by atoms with Crippen LogP contribution in [0, 0.1) is 6.92 Å². The third-order valence-electron chi connectivity index (χ3n) is 4.88. The average Bonchev–Trinajstić information content (AvgIpc) is 2.81. The number of aryl methyl sites for hydroxylation is 1. The van der Waals surface area contributed by atoms with Crippen LogP contribution in [0.3, 0.4) is 0 Å². The Kier molecular flexibility index (Phi) is 8.83. The molecule has 172 valence electrons. The second-order valence-electron chi connectivity index (χ2n) is 7.50. The van der Waals surface area contributed by atoms with E-state index in [1.807, 2.05) is 37.3 Å². The van der Waals surface area contributed by atoms with Crippen LogP contribution < -0.4 is 10.9 Å². The first kappa shape index (κ1) is 24.3. The van der Waals surface area contributed by atoms with Crippen molar-refractivity contribution in [2.24, 2.45) is 0 Å². The van der Waals surface area contributed by atoms with E-state index in [1.54, 1.807) is 31.2 Å². The summed E-state index contributed by atoms with van der Waals surface area (Å²) in [7, 11) is 0. The summed E-state index contributed by atoms with van der Waals surface area (Å²) in [6.45, 7) is 4.19. The number of amides is 1. The van der Waals surface area contributed by atoms with Crippen molar-refractivity contribution >= 4 is 29.3 Å². The number of nitrogens with one attached hydrogen (secondary N) is 2. The standard InChI is InChI=1S/C25H27N3O4S/c1-3-4-13-32-24(31)19-11-8-12-20(15-19)27-22(29)16-33-25-26-17(2)21(23(30)28-25)14-18-9-6-5-7-10-18/h5-12,15H,3-4,13-14,16H2,1-2H3,(H,27,29)(H,26,28,30). The fourth-order valence-corrected chi connectivity index (χ4v) is 3.81. The number of unbranched alkanes of at least 4 members (excludes halogenated alkanes) is 1. The fraction of sp³-hybridized carbons (Fsp3) is 0.280. The molecule has 1 aromatic heterocycles. The second-order valence-corrected chi connectivity index (χ2v) is 8.47. The molecule has 3 rings (SSSR count). The molecule has 0 aliphatic carbocycles. The molecular formula is C25H27N3O4S. The van der Waals surface area contributed by atoms with Crippen molar-refractivity contribution in [3.8, 4) is 0 Å². The van der Waals surface area contributed by atoms with Crippen LogP contribution in [0.15, 0.2) is 64.5 Å². The molecule has 2 aromatic carbocycles. The van der Waals surface area contributed by atoms with Crippen molar-refractivity contribution in [2.45, 2.75) is 38.3 Å². The maximum Gasteiger partial charge on any atom is 0.338 e. The van der Waals surface area contributed by atoms with Crippen LogP contribution in [0.1, 0.15) is 46.9 Å². The Bertz CT molecular complexity index is 1160. The van der Waals surface area contributed by atoms with Crippen LogP contribution in [0.5, 0.6) is 0 Å². The maximum atomic E-state index is 12.5. The molecule has 2 N–H and O–H groups in total. The van der Waals surface area contributed by atoms with Crippen molar-refractivity contribution < 1.29 is 14.3 Å². The van der Waals surface area contributed by atoms with Crippen LogP contribution in [-0.4, -0.2) is 34.2 Å². The first-order valence-electron chi connectivity index (χ1n) is 10.8. The van der Waals surface area contributed by atoms with E-state index in [4.69, 9.17) is 4.74 Å². The summed E-state index contributed by atoms with van der Waals surface area (Å²) >= 11 is 1.14. The molecule has 0 aliphatic heterocycles. The number of ether oxygens (including phenoxy) is 1. The molecule has 33 heavy (non-hydrogen) atoms. The number of benzene rings is 2. The third-order valence-corrected chi connectivity index (χ3v) is 5.75. The Morgan fingerprint density at radius 2 is 1.91 bits per heavy atom. The van der Waals surface area contributed by atoms with Gasteiger partial charge in [-0.1, -0.05) is 61.5 Å². The Morgan fingerprint density at radius 3 is 2.64 bits per heavy atom. The molecule has 0 saturated heterocycles. The smallest absolute Gasteiger partial charge is 0.338 e. The van der Waals surface area contributed by atoms with Crippen LogP contribution in [-0.2, 0) is 16.0 Å². The van der Waals surface area contributed by atoms with E-state index < -0.39 is 5.97 Å². The van der Waals surface area contributed by atoms with E-state index in [2.05, 4.69) is 15.3 Å². The maximum absolute atomic E-state index is 12.5. The number of rotatable bonds is 10. The number of nitrogens with zero attached hydrogens (tertiary/aromatic N) is 1. The molecule has 0 bridgehead atoms. The molecule has 3 aromatic rings. The first-order chi connectivity index (χ1) is 16.0. The lowest BCUT2D eigenvalue weighted by molar-refractivity contribution is -0.113. The number of aromatic nitrogens is 2. The normalized spacial score (nSPS) is 10.6. The molecular weight excluding hydrogens is 438 g/mol. The molecule has 7 nitrogen and oxygen atoms in total. The molecule has 1 amide bonds. The number of hydrogen-bond donors (Lipinski definition) is 2. The van der Waals surface area contributed by atoms with Gasteiger partial charge in [-0.05, 0) is 37.1 Å². The Balaban J connectivity index is 1.57. The Labute approximate surface area is 197 Å². The number of carbonyl (C=O) groups is 2. The predicted molar refractivity (Wildman–Crippen MR) is 130 cm³/mol. The largest absolute Gasteiger partial charge is 0.462 e. The van der Waals surface area contributed by atoms with Gasteiger partial charge in [-0.3, -0.25) is 9.59 Å². The fourth-order valence-electron chi connectivity index (χ4n) is 3.11. The van der Waals surface area contributed by atoms with E-state index in [-0.39, 0.29) is 17.2 Å². The van der Waals surface area contributed by atoms with Crippen molar-refractivity contribution in [3.05, 3.63) is 87.3 Å². The highest BCUT2D eigenvalue weighted by Crippen LogP contribution is 2.17. The van der Waals surface area contributed by atoms with Crippen LogP contribution in [0.2, 0.25) is 0 Å². The second kappa shape index (κ2) is 12.0. The molecule has 8 heteroatoms. The molecule has 0 aliphatic rings. The highest BCUT2D eigenvalue weighted by Gasteiger charge is 2.12. The van der Waals surface area contributed by atoms with Gasteiger partial charge in [0.2, 0.25) is 5.91 Å². The van der Waals surface area contributed by atoms with E-state index in [0.717, 1.165) is 30.2 Å². The topological polar surface area (TPSA) is 101 Å². The summed E-state index contributed by atoms with van der Waals surface area (Å²) in [5, 5.41) is 3.15. The monoisotopic (exact) mass is 465 g/mol. The summed E-state index contributed by atoms with van der Waals surface area (Å²) in [6, 6.07) is 16.3. The lowest BCUT2D eigenvalue weighted by Gasteiger charge is -2.09. The summed E-state index contributed by atoms with van der Waals surface area (Å²) < 4.78 is 5.21. The number of H-pyrrole nitrogens is 1. The van der Waals surface area contributed by atoms with Gasteiger partial charge in [0.1, 0.15) is 0 Å². The minimum atomic E-state index is -0.415. The zero-order chi connectivity index (χ0) is 23.6. The first-order valence-corrected chi connectivity index (χ1v) is 11.8. The number of aromatic amines is 1. The van der Waals surface area contributed by atoms with E-state index in [1.165, 1.54) is 0 Å². The quantitative estimate of drug-likeness (QED) is 0.200. The summed E-state index contributed by atoms with van der Waals surface area (Å²) in [4.78, 5) is 44.2. The lowest BCUT2D eigenvalue weighted by atomic mass is 10.1. The molecule has 0 saturated carbocycles. The summed E-state index contributed by atoms with van der Waals surface area (Å²) in [5.74, 6) is -0.627. The minimum Gasteiger partial charge on any atom is -0.462 e. The van der Waals surface area contributed by atoms with Gasteiger partial charge in [-0.25, -0.2) is 9.78 Å². The van der Waals surface area contributed by atoms with Gasteiger partial charge in [0.05, 0.1) is 17.9 Å². The van der Waals surface area contributed by atoms with Crippen LogP contribution in [0.4, 0.5) is 5.69 Å². The highest BCUT2D eigenvalue weighted by atomic mass is 32.2. The summed E-state index contributed by atoms with van der Waals surface area (Å²) in [5.41, 5.74) is 2.96. The van der Waals surface area contributed by atoms with Gasteiger partial charge in [0, 0.05) is 23.4 Å².